The van der Waals surface area contributed by atoms with E-state index in [1.54, 1.807) is 7.11 Å². The summed E-state index contributed by atoms with van der Waals surface area (Å²) in [4.78, 5) is 2.05. The van der Waals surface area contributed by atoms with Gasteiger partial charge in [-0.2, -0.15) is 0 Å². The number of nitrogens with two attached hydrogens (primary N) is 1. The fourth-order valence-electron chi connectivity index (χ4n) is 1.81. The van der Waals surface area contributed by atoms with E-state index in [-0.39, 0.29) is 18.0 Å². The molecular formula is C9H19N3O3. The van der Waals surface area contributed by atoms with Gasteiger partial charge in [-0.25, -0.2) is 0 Å². The van der Waals surface area contributed by atoms with Gasteiger partial charge >= 0.3 is 0 Å². The summed E-state index contributed by atoms with van der Waals surface area (Å²) in [7, 11) is 1.67. The second kappa shape index (κ2) is 5.89. The van der Waals surface area contributed by atoms with Crippen molar-refractivity contribution in [2.75, 3.05) is 33.4 Å². The zero-order valence-electron chi connectivity index (χ0n) is 9.22. The van der Waals surface area contributed by atoms with Crippen molar-refractivity contribution >= 4 is 5.84 Å². The average molecular weight is 217 g/mol. The van der Waals surface area contributed by atoms with Gasteiger partial charge < -0.3 is 20.4 Å². The van der Waals surface area contributed by atoms with Crippen LogP contribution in [0.15, 0.2) is 5.16 Å². The van der Waals surface area contributed by atoms with Crippen molar-refractivity contribution < 1.29 is 14.7 Å². The number of oxime groups is 1. The summed E-state index contributed by atoms with van der Waals surface area (Å²) >= 11 is 0. The van der Waals surface area contributed by atoms with Crippen molar-refractivity contribution in [1.82, 2.24) is 4.90 Å². The minimum atomic E-state index is 0.0662. The molecular weight excluding hydrogens is 198 g/mol. The van der Waals surface area contributed by atoms with Crippen molar-refractivity contribution in [2.24, 2.45) is 10.9 Å². The zero-order valence-corrected chi connectivity index (χ0v) is 9.22. The lowest BCUT2D eigenvalue weighted by Crippen LogP contribution is -2.33. The Bertz CT molecular complexity index is 223. The molecule has 0 amide bonds. The van der Waals surface area contributed by atoms with Crippen LogP contribution in [0.2, 0.25) is 0 Å². The van der Waals surface area contributed by atoms with Gasteiger partial charge in [0.1, 0.15) is 0 Å². The predicted molar refractivity (Wildman–Crippen MR) is 56.1 cm³/mol. The molecule has 0 bridgehead atoms. The maximum absolute atomic E-state index is 8.46. The van der Waals surface area contributed by atoms with Gasteiger partial charge in [-0.05, 0) is 6.92 Å². The van der Waals surface area contributed by atoms with Gasteiger partial charge in [-0.15, -0.1) is 0 Å². The summed E-state index contributed by atoms with van der Waals surface area (Å²) in [6.45, 7) is 4.57. The average Bonchev–Trinajstić information content (AvgIpc) is 2.61. The Labute approximate surface area is 89.6 Å². The Morgan fingerprint density at radius 1 is 1.53 bits per heavy atom. The lowest BCUT2D eigenvalue weighted by atomic mass is 10.2. The largest absolute Gasteiger partial charge is 0.409 e. The minimum absolute atomic E-state index is 0.0662. The molecule has 0 aromatic heterocycles. The molecule has 0 unspecified atom stereocenters. The number of methoxy groups -OCH3 is 1. The highest BCUT2D eigenvalue weighted by atomic mass is 16.5. The Hall–Kier alpha value is -0.850. The van der Waals surface area contributed by atoms with Gasteiger partial charge in [-0.1, -0.05) is 5.16 Å². The molecule has 15 heavy (non-hydrogen) atoms. The number of likely N-dealkylation sites (tertiary alicyclic amines) is 1. The molecule has 1 aliphatic heterocycles. The fourth-order valence-corrected chi connectivity index (χ4v) is 1.81. The first-order valence-electron chi connectivity index (χ1n) is 5.04. The summed E-state index contributed by atoms with van der Waals surface area (Å²) in [5.41, 5.74) is 5.44. The van der Waals surface area contributed by atoms with Crippen LogP contribution in [0.3, 0.4) is 0 Å². The second-order valence-corrected chi connectivity index (χ2v) is 3.55. The topological polar surface area (TPSA) is 80.3 Å². The molecule has 3 N–H and O–H groups in total. The summed E-state index contributed by atoms with van der Waals surface area (Å²) in [5, 5.41) is 11.4. The van der Waals surface area contributed by atoms with E-state index in [0.29, 0.717) is 13.2 Å². The monoisotopic (exact) mass is 217 g/mol. The van der Waals surface area contributed by atoms with Crippen LogP contribution in [0.5, 0.6) is 0 Å². The van der Waals surface area contributed by atoms with Crippen molar-refractivity contribution in [3.05, 3.63) is 0 Å². The molecule has 6 heteroatoms. The number of nitrogens with zero attached hydrogens (tertiary/aromatic N) is 2. The van der Waals surface area contributed by atoms with Gasteiger partial charge in [0.2, 0.25) is 0 Å². The molecule has 0 spiro atoms. The van der Waals surface area contributed by atoms with Crippen LogP contribution < -0.4 is 5.73 Å². The first-order valence-corrected chi connectivity index (χ1v) is 5.04. The zero-order chi connectivity index (χ0) is 11.3. The summed E-state index contributed by atoms with van der Waals surface area (Å²) in [6.07, 6.45) is 0.142. The quantitative estimate of drug-likeness (QED) is 0.280. The molecule has 1 fully saturated rings. The standard InChI is InChI=1S/C9H19N3O3/c1-3-15-8-5-12(4-7(8)14-2)6-9(10)11-13/h7-8,13H,3-6H2,1-2H3,(H2,10,11)/t7-,8+/m0/s1. The van der Waals surface area contributed by atoms with E-state index < -0.39 is 0 Å². The summed E-state index contributed by atoms with van der Waals surface area (Å²) < 4.78 is 10.9. The number of hydrogen-bond donors (Lipinski definition) is 2. The van der Waals surface area contributed by atoms with Gasteiger partial charge in [-0.3, -0.25) is 4.90 Å². The van der Waals surface area contributed by atoms with Crippen LogP contribution in [0, 0.1) is 0 Å². The van der Waals surface area contributed by atoms with E-state index in [4.69, 9.17) is 20.4 Å². The van der Waals surface area contributed by atoms with Crippen molar-refractivity contribution in [3.8, 4) is 0 Å². The smallest absolute Gasteiger partial charge is 0.153 e. The van der Waals surface area contributed by atoms with E-state index in [9.17, 15) is 0 Å². The van der Waals surface area contributed by atoms with Crippen molar-refractivity contribution in [2.45, 2.75) is 19.1 Å². The maximum atomic E-state index is 8.46. The molecule has 0 aliphatic carbocycles. The highest BCUT2D eigenvalue weighted by Crippen LogP contribution is 2.15. The van der Waals surface area contributed by atoms with Crippen LogP contribution in [-0.2, 0) is 9.47 Å². The molecule has 1 saturated heterocycles. The highest BCUT2D eigenvalue weighted by molar-refractivity contribution is 5.81. The molecule has 1 aliphatic rings. The molecule has 0 saturated carbocycles. The summed E-state index contributed by atoms with van der Waals surface area (Å²) in [6, 6.07) is 0. The highest BCUT2D eigenvalue weighted by Gasteiger charge is 2.33. The molecule has 1 rings (SSSR count). The summed E-state index contributed by atoms with van der Waals surface area (Å²) in [5.74, 6) is 0.210. The molecule has 1 heterocycles. The van der Waals surface area contributed by atoms with E-state index in [0.717, 1.165) is 13.1 Å². The Balaban J connectivity index is 2.45. The molecule has 0 radical (unpaired) electrons. The maximum Gasteiger partial charge on any atom is 0.153 e. The van der Waals surface area contributed by atoms with Gasteiger partial charge in [0.05, 0.1) is 18.8 Å². The minimum Gasteiger partial charge on any atom is -0.409 e. The second-order valence-electron chi connectivity index (χ2n) is 3.55. The fraction of sp³-hybridized carbons (Fsp3) is 0.889. The normalized spacial score (nSPS) is 28.5. The molecule has 2 atom stereocenters. The van der Waals surface area contributed by atoms with Crippen LogP contribution in [0.4, 0.5) is 0 Å². The third kappa shape index (κ3) is 3.33. The van der Waals surface area contributed by atoms with Crippen LogP contribution >= 0.6 is 0 Å². The Morgan fingerprint density at radius 2 is 2.20 bits per heavy atom. The molecule has 0 aromatic rings. The third-order valence-electron chi connectivity index (χ3n) is 2.49. The van der Waals surface area contributed by atoms with Crippen LogP contribution in [0.1, 0.15) is 6.92 Å². The molecule has 0 aromatic carbocycles. The van der Waals surface area contributed by atoms with Gasteiger partial charge in [0.15, 0.2) is 5.84 Å². The number of amidine groups is 1. The number of ether oxygens (including phenoxy) is 2. The lowest BCUT2D eigenvalue weighted by Gasteiger charge is -2.16. The Kier molecular flexibility index (Phi) is 4.80. The van der Waals surface area contributed by atoms with Gasteiger partial charge in [0.25, 0.3) is 0 Å². The van der Waals surface area contributed by atoms with Crippen LogP contribution in [0.25, 0.3) is 0 Å². The first-order chi connectivity index (χ1) is 7.21. The lowest BCUT2D eigenvalue weighted by molar-refractivity contribution is -0.0233. The predicted octanol–water partition coefficient (Wildman–Crippen LogP) is -0.531. The number of hydrogen-bond acceptors (Lipinski definition) is 5. The van der Waals surface area contributed by atoms with Gasteiger partial charge in [0, 0.05) is 26.8 Å². The third-order valence-corrected chi connectivity index (χ3v) is 2.49. The molecule has 88 valence electrons. The number of rotatable bonds is 5. The van der Waals surface area contributed by atoms with E-state index in [1.165, 1.54) is 0 Å². The van der Waals surface area contributed by atoms with E-state index >= 15 is 0 Å². The van der Waals surface area contributed by atoms with E-state index in [1.807, 2.05) is 11.8 Å². The van der Waals surface area contributed by atoms with E-state index in [2.05, 4.69) is 5.16 Å². The first kappa shape index (κ1) is 12.2. The SMILES string of the molecule is CCO[C@@H]1CN(CC(N)=NO)C[C@@H]1OC. The van der Waals surface area contributed by atoms with Crippen LogP contribution in [-0.4, -0.2) is 61.5 Å². The Morgan fingerprint density at radius 3 is 2.73 bits per heavy atom. The molecule has 6 nitrogen and oxygen atoms in total. The van der Waals surface area contributed by atoms with Crippen molar-refractivity contribution in [1.29, 1.82) is 0 Å². The van der Waals surface area contributed by atoms with Crippen molar-refractivity contribution in [3.63, 3.8) is 0 Å².